The fourth-order valence-corrected chi connectivity index (χ4v) is 2.66. The molecule has 3 aromatic rings. The van der Waals surface area contributed by atoms with Gasteiger partial charge in [-0.2, -0.15) is 31.6 Å². The molecule has 0 spiro atoms. The van der Waals surface area contributed by atoms with Gasteiger partial charge in [-0.15, -0.1) is 5.10 Å². The Hall–Kier alpha value is -4.15. The number of nitrogens with zero attached hydrogens (tertiary/aromatic N) is 5. The van der Waals surface area contributed by atoms with Crippen molar-refractivity contribution in [2.75, 3.05) is 6.61 Å². The lowest BCUT2D eigenvalue weighted by Gasteiger charge is -2.15. The third-order valence-electron chi connectivity index (χ3n) is 4.25. The summed E-state index contributed by atoms with van der Waals surface area (Å²) in [6.07, 6.45) is -7.11. The predicted octanol–water partition coefficient (Wildman–Crippen LogP) is 3.98. The van der Waals surface area contributed by atoms with Crippen LogP contribution in [0.5, 0.6) is 5.75 Å². The Morgan fingerprint density at radius 3 is 2.50 bits per heavy atom. The van der Waals surface area contributed by atoms with Gasteiger partial charge < -0.3 is 10.1 Å². The average Bonchev–Trinajstić information content (AvgIpc) is 3.27. The van der Waals surface area contributed by atoms with Crippen LogP contribution in [0.2, 0.25) is 0 Å². The van der Waals surface area contributed by atoms with E-state index in [1.54, 1.807) is 0 Å². The Bertz CT molecular complexity index is 1210. The van der Waals surface area contributed by atoms with Gasteiger partial charge in [0.05, 0.1) is 17.2 Å². The normalized spacial score (nSPS) is 12.6. The van der Waals surface area contributed by atoms with Crippen molar-refractivity contribution in [1.29, 1.82) is 5.26 Å². The molecule has 178 valence electrons. The van der Waals surface area contributed by atoms with Crippen LogP contribution < -0.4 is 10.1 Å². The molecule has 1 N–H and O–H groups in total. The van der Waals surface area contributed by atoms with E-state index >= 15 is 0 Å². The first-order valence-corrected chi connectivity index (χ1v) is 9.36. The molecule has 0 aliphatic carbocycles. The van der Waals surface area contributed by atoms with E-state index in [-0.39, 0.29) is 5.82 Å². The van der Waals surface area contributed by atoms with E-state index in [4.69, 9.17) is 5.26 Å². The number of aromatic nitrogens is 4. The SMILES string of the molecule is CC(NC(=O)c1cc(OCC(F)(F)F)cc(C(F)(F)F)c1)c1ncn(-c2ccc(C#N)cn2)n1. The minimum Gasteiger partial charge on any atom is -0.484 e. The summed E-state index contributed by atoms with van der Waals surface area (Å²) in [7, 11) is 0. The van der Waals surface area contributed by atoms with Crippen LogP contribution in [0.4, 0.5) is 26.3 Å². The number of ether oxygens (including phenoxy) is 1. The molecular weight excluding hydrogens is 470 g/mol. The van der Waals surface area contributed by atoms with Crippen molar-refractivity contribution in [3.8, 4) is 17.6 Å². The van der Waals surface area contributed by atoms with Crippen LogP contribution >= 0.6 is 0 Å². The molecule has 0 aliphatic rings. The fourth-order valence-electron chi connectivity index (χ4n) is 2.66. The van der Waals surface area contributed by atoms with Crippen molar-refractivity contribution in [3.05, 3.63) is 65.4 Å². The van der Waals surface area contributed by atoms with Crippen molar-refractivity contribution in [3.63, 3.8) is 0 Å². The number of alkyl halides is 6. The third-order valence-corrected chi connectivity index (χ3v) is 4.25. The zero-order valence-electron chi connectivity index (χ0n) is 17.1. The molecule has 2 heterocycles. The summed E-state index contributed by atoms with van der Waals surface area (Å²) in [4.78, 5) is 20.6. The molecule has 2 aromatic heterocycles. The smallest absolute Gasteiger partial charge is 0.422 e. The van der Waals surface area contributed by atoms with E-state index in [9.17, 15) is 31.1 Å². The van der Waals surface area contributed by atoms with Crippen LogP contribution in [0.3, 0.4) is 0 Å². The minimum atomic E-state index is -4.92. The summed E-state index contributed by atoms with van der Waals surface area (Å²) >= 11 is 0. The second-order valence-electron chi connectivity index (χ2n) is 6.91. The molecule has 34 heavy (non-hydrogen) atoms. The lowest BCUT2D eigenvalue weighted by Crippen LogP contribution is -2.28. The van der Waals surface area contributed by atoms with Crippen molar-refractivity contribution in [2.45, 2.75) is 25.3 Å². The molecule has 0 aliphatic heterocycles. The Morgan fingerprint density at radius 2 is 1.91 bits per heavy atom. The maximum Gasteiger partial charge on any atom is 0.422 e. The second kappa shape index (κ2) is 9.38. The van der Waals surface area contributed by atoms with Crippen LogP contribution in [-0.2, 0) is 6.18 Å². The van der Waals surface area contributed by atoms with Crippen LogP contribution in [0.15, 0.2) is 42.9 Å². The summed E-state index contributed by atoms with van der Waals surface area (Å²) in [5.41, 5.74) is -1.59. The van der Waals surface area contributed by atoms with Gasteiger partial charge in [0.2, 0.25) is 0 Å². The number of nitriles is 1. The van der Waals surface area contributed by atoms with Crippen LogP contribution in [0, 0.1) is 11.3 Å². The summed E-state index contributed by atoms with van der Waals surface area (Å²) in [6.45, 7) is -0.366. The number of pyridine rings is 1. The van der Waals surface area contributed by atoms with E-state index in [0.29, 0.717) is 23.5 Å². The number of carbonyl (C=O) groups is 1. The summed E-state index contributed by atoms with van der Waals surface area (Å²) in [6, 6.07) is 5.67. The molecule has 1 aromatic carbocycles. The summed E-state index contributed by atoms with van der Waals surface area (Å²) < 4.78 is 82.3. The fraction of sp³-hybridized carbons (Fsp3) is 0.250. The van der Waals surface area contributed by atoms with Gasteiger partial charge in [0.15, 0.2) is 18.2 Å². The molecule has 0 saturated heterocycles. The second-order valence-corrected chi connectivity index (χ2v) is 6.91. The molecule has 1 unspecified atom stereocenters. The van der Waals surface area contributed by atoms with Gasteiger partial charge >= 0.3 is 12.4 Å². The van der Waals surface area contributed by atoms with Gasteiger partial charge in [0, 0.05) is 11.8 Å². The molecular formula is C20H14F6N6O2. The monoisotopic (exact) mass is 484 g/mol. The van der Waals surface area contributed by atoms with Gasteiger partial charge in [-0.25, -0.2) is 14.6 Å². The van der Waals surface area contributed by atoms with E-state index in [2.05, 4.69) is 25.1 Å². The zero-order valence-corrected chi connectivity index (χ0v) is 17.1. The lowest BCUT2D eigenvalue weighted by molar-refractivity contribution is -0.153. The zero-order chi connectivity index (χ0) is 25.1. The van der Waals surface area contributed by atoms with Crippen molar-refractivity contribution in [1.82, 2.24) is 25.1 Å². The maximum absolute atomic E-state index is 13.2. The van der Waals surface area contributed by atoms with Gasteiger partial charge in [0.25, 0.3) is 5.91 Å². The molecule has 1 atom stereocenters. The predicted molar refractivity (Wildman–Crippen MR) is 103 cm³/mol. The molecule has 0 fully saturated rings. The summed E-state index contributed by atoms with van der Waals surface area (Å²) in [5.74, 6) is -1.37. The molecule has 0 bridgehead atoms. The van der Waals surface area contributed by atoms with Crippen molar-refractivity contribution < 1.29 is 35.9 Å². The highest BCUT2D eigenvalue weighted by molar-refractivity contribution is 5.95. The Morgan fingerprint density at radius 1 is 1.18 bits per heavy atom. The Labute approximate surface area is 187 Å². The van der Waals surface area contributed by atoms with Gasteiger partial charge in [-0.3, -0.25) is 4.79 Å². The highest BCUT2D eigenvalue weighted by atomic mass is 19.4. The summed E-state index contributed by atoms with van der Waals surface area (Å²) in [5, 5.41) is 15.3. The molecule has 0 radical (unpaired) electrons. The first-order chi connectivity index (χ1) is 15.9. The number of hydrogen-bond donors (Lipinski definition) is 1. The number of halogens is 6. The van der Waals surface area contributed by atoms with E-state index in [1.807, 2.05) is 6.07 Å². The molecule has 0 saturated carbocycles. The van der Waals surface area contributed by atoms with Gasteiger partial charge in [0.1, 0.15) is 18.1 Å². The van der Waals surface area contributed by atoms with E-state index in [0.717, 1.165) is 6.07 Å². The Balaban J connectivity index is 1.79. The van der Waals surface area contributed by atoms with Crippen molar-refractivity contribution >= 4 is 5.91 Å². The topological polar surface area (TPSA) is 106 Å². The molecule has 3 rings (SSSR count). The molecule has 14 heteroatoms. The van der Waals surface area contributed by atoms with Crippen molar-refractivity contribution in [2.24, 2.45) is 0 Å². The largest absolute Gasteiger partial charge is 0.484 e. The quantitative estimate of drug-likeness (QED) is 0.531. The van der Waals surface area contributed by atoms with E-state index < -0.39 is 47.8 Å². The standard InChI is InChI=1S/C20H14F6N6O2/c1-11(17-29-10-32(31-17)16-3-2-12(7-27)8-28-16)30-18(33)13-4-14(20(24,25)26)6-15(5-13)34-9-19(21,22)23/h2-6,8,10-11H,9H2,1H3,(H,30,33). The number of rotatable bonds is 6. The number of amides is 1. The lowest BCUT2D eigenvalue weighted by atomic mass is 10.1. The van der Waals surface area contributed by atoms with Crippen LogP contribution in [-0.4, -0.2) is 38.4 Å². The number of nitrogens with one attached hydrogen (secondary N) is 1. The van der Waals surface area contributed by atoms with Crippen LogP contribution in [0.25, 0.3) is 5.82 Å². The van der Waals surface area contributed by atoms with Gasteiger partial charge in [-0.05, 0) is 37.3 Å². The number of hydrogen-bond acceptors (Lipinski definition) is 6. The Kier molecular flexibility index (Phi) is 6.75. The first kappa shape index (κ1) is 24.5. The molecule has 1 amide bonds. The third kappa shape index (κ3) is 6.21. The first-order valence-electron chi connectivity index (χ1n) is 9.36. The highest BCUT2D eigenvalue weighted by Crippen LogP contribution is 2.33. The van der Waals surface area contributed by atoms with Crippen LogP contribution in [0.1, 0.15) is 40.3 Å². The average molecular weight is 484 g/mol. The molecule has 8 nitrogen and oxygen atoms in total. The maximum atomic E-state index is 13.2. The number of benzene rings is 1. The van der Waals surface area contributed by atoms with Gasteiger partial charge in [-0.1, -0.05) is 0 Å². The minimum absolute atomic E-state index is 0.0834. The van der Waals surface area contributed by atoms with E-state index in [1.165, 1.54) is 36.3 Å². The number of carbonyl (C=O) groups excluding carboxylic acids is 1. The highest BCUT2D eigenvalue weighted by Gasteiger charge is 2.33.